The molecule has 0 saturated heterocycles. The van der Waals surface area contributed by atoms with Gasteiger partial charge >= 0.3 is 6.18 Å². The second kappa shape index (κ2) is 5.04. The number of aryl methyl sites for hydroxylation is 1. The van der Waals surface area contributed by atoms with Crippen molar-refractivity contribution < 1.29 is 22.4 Å². The number of alkyl halides is 3. The van der Waals surface area contributed by atoms with E-state index in [2.05, 4.69) is 10.2 Å². The van der Waals surface area contributed by atoms with Crippen LogP contribution in [-0.4, -0.2) is 16.5 Å². The minimum absolute atomic E-state index is 0.143. The summed E-state index contributed by atoms with van der Waals surface area (Å²) < 4.78 is 43.3. The van der Waals surface area contributed by atoms with E-state index in [-0.39, 0.29) is 16.4 Å². The SMILES string of the molecule is Cc1nnc(Sc2ccc(C=O)c(C(F)(F)F)c2)o1. The molecule has 19 heavy (non-hydrogen) atoms. The van der Waals surface area contributed by atoms with Crippen LogP contribution in [-0.2, 0) is 6.18 Å². The second-order valence-corrected chi connectivity index (χ2v) is 4.58. The lowest BCUT2D eigenvalue weighted by Gasteiger charge is -2.10. The minimum Gasteiger partial charge on any atom is -0.416 e. The Morgan fingerprint density at radius 3 is 2.58 bits per heavy atom. The van der Waals surface area contributed by atoms with E-state index in [1.807, 2.05) is 0 Å². The number of nitrogens with zero attached hydrogens (tertiary/aromatic N) is 2. The Labute approximate surface area is 110 Å². The van der Waals surface area contributed by atoms with Crippen LogP contribution in [0.4, 0.5) is 13.2 Å². The van der Waals surface area contributed by atoms with Gasteiger partial charge in [0.15, 0.2) is 6.29 Å². The standard InChI is InChI=1S/C11H7F3N2O2S/c1-6-15-16-10(18-6)19-8-3-2-7(5-17)9(4-8)11(12,13)14/h2-5H,1H3. The molecule has 8 heteroatoms. The average Bonchev–Trinajstić information content (AvgIpc) is 2.73. The van der Waals surface area contributed by atoms with Crippen molar-refractivity contribution in [2.75, 3.05) is 0 Å². The fraction of sp³-hybridized carbons (Fsp3) is 0.182. The number of carbonyl (C=O) groups is 1. The zero-order chi connectivity index (χ0) is 14.0. The van der Waals surface area contributed by atoms with E-state index in [0.717, 1.165) is 23.9 Å². The molecule has 1 aromatic carbocycles. The predicted molar refractivity (Wildman–Crippen MR) is 60.0 cm³/mol. The van der Waals surface area contributed by atoms with Gasteiger partial charge in [0.2, 0.25) is 5.89 Å². The summed E-state index contributed by atoms with van der Waals surface area (Å²) in [6.07, 6.45) is -4.41. The van der Waals surface area contributed by atoms with E-state index >= 15 is 0 Å². The van der Waals surface area contributed by atoms with Gasteiger partial charge in [-0.15, -0.1) is 10.2 Å². The van der Waals surface area contributed by atoms with Crippen LogP contribution >= 0.6 is 11.8 Å². The smallest absolute Gasteiger partial charge is 0.416 e. The zero-order valence-electron chi connectivity index (χ0n) is 9.56. The van der Waals surface area contributed by atoms with Crippen molar-refractivity contribution in [2.45, 2.75) is 23.2 Å². The fourth-order valence-corrected chi connectivity index (χ4v) is 2.13. The molecule has 0 saturated carbocycles. The van der Waals surface area contributed by atoms with Crippen molar-refractivity contribution >= 4 is 18.0 Å². The van der Waals surface area contributed by atoms with Gasteiger partial charge in [0.1, 0.15) is 0 Å². The molecular weight excluding hydrogens is 281 g/mol. The molecule has 2 rings (SSSR count). The van der Waals surface area contributed by atoms with Crippen LogP contribution in [0.3, 0.4) is 0 Å². The molecule has 0 N–H and O–H groups in total. The van der Waals surface area contributed by atoms with Crippen molar-refractivity contribution in [3.05, 3.63) is 35.2 Å². The number of hydrogen-bond acceptors (Lipinski definition) is 5. The molecule has 100 valence electrons. The fourth-order valence-electron chi connectivity index (χ4n) is 1.37. The molecule has 0 bridgehead atoms. The molecule has 0 aliphatic carbocycles. The first-order valence-corrected chi connectivity index (χ1v) is 5.86. The maximum atomic E-state index is 12.7. The summed E-state index contributed by atoms with van der Waals surface area (Å²) in [6.45, 7) is 1.58. The van der Waals surface area contributed by atoms with Gasteiger partial charge in [-0.2, -0.15) is 13.2 Å². The third-order valence-electron chi connectivity index (χ3n) is 2.17. The van der Waals surface area contributed by atoms with Gasteiger partial charge in [0, 0.05) is 17.4 Å². The van der Waals surface area contributed by atoms with Crippen LogP contribution < -0.4 is 0 Å². The molecule has 0 aliphatic rings. The molecule has 0 atom stereocenters. The van der Waals surface area contributed by atoms with Crippen molar-refractivity contribution in [1.82, 2.24) is 10.2 Å². The first-order valence-electron chi connectivity index (χ1n) is 5.04. The maximum Gasteiger partial charge on any atom is 0.417 e. The third-order valence-corrected chi connectivity index (χ3v) is 3.00. The molecule has 0 radical (unpaired) electrons. The summed E-state index contributed by atoms with van der Waals surface area (Å²) >= 11 is 0.902. The lowest BCUT2D eigenvalue weighted by Crippen LogP contribution is -2.08. The van der Waals surface area contributed by atoms with E-state index in [4.69, 9.17) is 4.42 Å². The van der Waals surface area contributed by atoms with Gasteiger partial charge in [0.05, 0.1) is 5.56 Å². The van der Waals surface area contributed by atoms with Gasteiger partial charge in [-0.05, 0) is 30.0 Å². The number of halogens is 3. The summed E-state index contributed by atoms with van der Waals surface area (Å²) in [6, 6.07) is 3.39. The van der Waals surface area contributed by atoms with E-state index in [1.165, 1.54) is 6.07 Å². The van der Waals surface area contributed by atoms with Crippen LogP contribution in [0.5, 0.6) is 0 Å². The molecule has 2 aromatic rings. The summed E-state index contributed by atoms with van der Waals surface area (Å²) in [7, 11) is 0. The average molecular weight is 288 g/mol. The predicted octanol–water partition coefficient (Wildman–Crippen LogP) is 3.36. The van der Waals surface area contributed by atoms with E-state index < -0.39 is 17.3 Å². The van der Waals surface area contributed by atoms with Crippen LogP contribution in [0.15, 0.2) is 32.7 Å². The third kappa shape index (κ3) is 3.14. The lowest BCUT2D eigenvalue weighted by atomic mass is 10.1. The Kier molecular flexibility index (Phi) is 3.61. The van der Waals surface area contributed by atoms with Crippen molar-refractivity contribution in [3.8, 4) is 0 Å². The van der Waals surface area contributed by atoms with Gasteiger partial charge in [-0.25, -0.2) is 0 Å². The quantitative estimate of drug-likeness (QED) is 0.810. The summed E-state index contributed by atoms with van der Waals surface area (Å²) in [5.41, 5.74) is -1.39. The van der Waals surface area contributed by atoms with Crippen molar-refractivity contribution in [1.29, 1.82) is 0 Å². The van der Waals surface area contributed by atoms with Crippen molar-refractivity contribution in [2.24, 2.45) is 0 Å². The Hall–Kier alpha value is -1.83. The topological polar surface area (TPSA) is 56.0 Å². The number of aromatic nitrogens is 2. The Bertz CT molecular complexity index is 610. The molecule has 0 amide bonds. The number of aldehydes is 1. The van der Waals surface area contributed by atoms with Crippen LogP contribution in [0, 0.1) is 6.92 Å². The molecular formula is C11H7F3N2O2S. The molecule has 1 heterocycles. The molecule has 0 fully saturated rings. The first-order chi connectivity index (χ1) is 8.90. The summed E-state index contributed by atoms with van der Waals surface area (Å²) in [5.74, 6) is 0.322. The normalized spacial score (nSPS) is 11.6. The number of carbonyl (C=O) groups excluding carboxylic acids is 1. The molecule has 0 spiro atoms. The minimum atomic E-state index is -4.59. The van der Waals surface area contributed by atoms with Gasteiger partial charge < -0.3 is 4.42 Å². The maximum absolute atomic E-state index is 12.7. The first kappa shape index (κ1) is 13.6. The lowest BCUT2D eigenvalue weighted by molar-refractivity contribution is -0.138. The number of hydrogen-bond donors (Lipinski definition) is 0. The van der Waals surface area contributed by atoms with E-state index in [0.29, 0.717) is 5.89 Å². The molecule has 1 aromatic heterocycles. The largest absolute Gasteiger partial charge is 0.417 e. The van der Waals surface area contributed by atoms with Crippen LogP contribution in [0.2, 0.25) is 0 Å². The highest BCUT2D eigenvalue weighted by molar-refractivity contribution is 7.99. The highest BCUT2D eigenvalue weighted by Gasteiger charge is 2.33. The molecule has 0 aliphatic heterocycles. The zero-order valence-corrected chi connectivity index (χ0v) is 10.4. The Morgan fingerprint density at radius 1 is 1.32 bits per heavy atom. The second-order valence-electron chi connectivity index (χ2n) is 3.55. The summed E-state index contributed by atoms with van der Waals surface area (Å²) in [5, 5.41) is 7.39. The van der Waals surface area contributed by atoms with Crippen LogP contribution in [0.1, 0.15) is 21.8 Å². The van der Waals surface area contributed by atoms with Crippen LogP contribution in [0.25, 0.3) is 0 Å². The number of benzene rings is 1. The highest BCUT2D eigenvalue weighted by atomic mass is 32.2. The van der Waals surface area contributed by atoms with E-state index in [1.54, 1.807) is 6.92 Å². The summed E-state index contributed by atoms with van der Waals surface area (Å²) in [4.78, 5) is 10.9. The Morgan fingerprint density at radius 2 is 2.05 bits per heavy atom. The Balaban J connectivity index is 2.35. The molecule has 0 unspecified atom stereocenters. The van der Waals surface area contributed by atoms with Crippen molar-refractivity contribution in [3.63, 3.8) is 0 Å². The monoisotopic (exact) mass is 288 g/mol. The van der Waals surface area contributed by atoms with Gasteiger partial charge in [0.25, 0.3) is 5.22 Å². The highest BCUT2D eigenvalue weighted by Crippen LogP contribution is 2.35. The van der Waals surface area contributed by atoms with Gasteiger partial charge in [-0.3, -0.25) is 4.79 Å². The van der Waals surface area contributed by atoms with E-state index in [9.17, 15) is 18.0 Å². The number of rotatable bonds is 3. The molecule has 4 nitrogen and oxygen atoms in total. The van der Waals surface area contributed by atoms with Gasteiger partial charge in [-0.1, -0.05) is 0 Å².